The summed E-state index contributed by atoms with van der Waals surface area (Å²) < 4.78 is 0. The Kier molecular flexibility index (Phi) is 9.61. The summed E-state index contributed by atoms with van der Waals surface area (Å²) in [6, 6.07) is 0. The van der Waals surface area contributed by atoms with Gasteiger partial charge in [-0.3, -0.25) is 9.59 Å². The molecule has 43 heavy (non-hydrogen) atoms. The molecule has 0 spiro atoms. The van der Waals surface area contributed by atoms with E-state index in [2.05, 4.69) is 32.9 Å². The van der Waals surface area contributed by atoms with Crippen molar-refractivity contribution in [1.82, 2.24) is 0 Å². The van der Waals surface area contributed by atoms with Gasteiger partial charge in [-0.25, -0.2) is 4.79 Å². The first-order chi connectivity index (χ1) is 20.1. The van der Waals surface area contributed by atoms with E-state index in [0.29, 0.717) is 31.3 Å². The van der Waals surface area contributed by atoms with Gasteiger partial charge in [-0.05, 0) is 109 Å². The quantitative estimate of drug-likeness (QED) is 0.186. The maximum Gasteiger partial charge on any atom is 0.334 e. The minimum Gasteiger partial charge on any atom is -0.478 e. The van der Waals surface area contributed by atoms with Gasteiger partial charge in [-0.2, -0.15) is 0 Å². The van der Waals surface area contributed by atoms with E-state index in [1.54, 1.807) is 19.1 Å². The Morgan fingerprint density at radius 3 is 2.40 bits per heavy atom. The van der Waals surface area contributed by atoms with Crippen LogP contribution in [0.5, 0.6) is 0 Å². The van der Waals surface area contributed by atoms with Crippen molar-refractivity contribution >= 4 is 17.5 Å². The number of carbonyl (C=O) groups excluding carboxylic acids is 2. The lowest BCUT2D eigenvalue weighted by Gasteiger charge is -2.59. The van der Waals surface area contributed by atoms with Crippen LogP contribution in [-0.2, 0) is 14.4 Å². The highest BCUT2D eigenvalue weighted by Gasteiger charge is 2.69. The molecule has 4 N–H and O–H groups in total. The van der Waals surface area contributed by atoms with Crippen molar-refractivity contribution in [2.75, 3.05) is 0 Å². The molecule has 0 aromatic carbocycles. The molecule has 0 aromatic rings. The normalized spacial score (nSPS) is 36.5. The van der Waals surface area contributed by atoms with Crippen molar-refractivity contribution in [2.24, 2.45) is 28.6 Å². The second-order valence-electron chi connectivity index (χ2n) is 14.3. The van der Waals surface area contributed by atoms with Gasteiger partial charge in [0.1, 0.15) is 11.7 Å². The zero-order valence-electron chi connectivity index (χ0n) is 26.7. The first-order valence-electron chi connectivity index (χ1n) is 15.9. The number of allylic oxidation sites excluding steroid dienone is 9. The molecule has 4 aliphatic carbocycles. The standard InChI is InChI=1S/C36H50O7/c1-21(2)9-7-10-22(3)11-8-12-23(4)29(33(41)42)31(39)32(40)36(43)18-16-27-26-14-13-24-19-25(37)15-17-34(24,5)30(26)28(38)20-35(27,36)6/h9,11,15,17,19,26-28,30-31,38-39,43H,7-8,10,12-14,16,18,20H2,1-6H3,(H,41,42)/b22-11+,29-23-/t26-,27-,28-,30+,31?,34-,35-,36-/m0/s1. The highest BCUT2D eigenvalue weighted by atomic mass is 16.4. The monoisotopic (exact) mass is 594 g/mol. The number of carboxylic acid groups (broad SMARTS) is 1. The van der Waals surface area contributed by atoms with Crippen LogP contribution in [0.1, 0.15) is 99.3 Å². The third-order valence-electron chi connectivity index (χ3n) is 11.4. The molecule has 0 radical (unpaired) electrons. The Balaban J connectivity index is 1.55. The number of hydrogen-bond donors (Lipinski definition) is 4. The molecule has 7 heteroatoms. The molecule has 8 atom stereocenters. The van der Waals surface area contributed by atoms with Crippen molar-refractivity contribution in [2.45, 2.75) is 117 Å². The summed E-state index contributed by atoms with van der Waals surface area (Å²) in [5.41, 5.74) is 0.0489. The Morgan fingerprint density at radius 1 is 1.07 bits per heavy atom. The van der Waals surface area contributed by atoms with Crippen LogP contribution in [0.2, 0.25) is 0 Å². The van der Waals surface area contributed by atoms with Gasteiger partial charge < -0.3 is 20.4 Å². The van der Waals surface area contributed by atoms with Gasteiger partial charge in [-0.15, -0.1) is 0 Å². The predicted molar refractivity (Wildman–Crippen MR) is 166 cm³/mol. The minimum atomic E-state index is -1.97. The number of rotatable bonds is 10. The molecule has 236 valence electrons. The zero-order valence-corrected chi connectivity index (χ0v) is 26.7. The SMILES string of the molecule is CC(C)=CCC/C(C)=C/CC/C(C)=C(\C(=O)O)C(O)C(=O)[C@@]1(O)CC[C@H]2[C@@H]3CCC4=CC(=O)C=C[C@]4(C)[C@H]3[C@@H](O)C[C@@]21C. The molecular formula is C36H50O7. The molecule has 0 amide bonds. The highest BCUT2D eigenvalue weighted by molar-refractivity contribution is 6.03. The highest BCUT2D eigenvalue weighted by Crippen LogP contribution is 2.67. The van der Waals surface area contributed by atoms with Gasteiger partial charge >= 0.3 is 5.97 Å². The molecule has 4 aliphatic rings. The molecule has 0 bridgehead atoms. The predicted octanol–water partition coefficient (Wildman–Crippen LogP) is 5.80. The number of aliphatic carboxylic acids is 1. The molecule has 3 saturated carbocycles. The van der Waals surface area contributed by atoms with Crippen LogP contribution in [0, 0.1) is 28.6 Å². The summed E-state index contributed by atoms with van der Waals surface area (Å²) in [5, 5.41) is 45.0. The van der Waals surface area contributed by atoms with Crippen LogP contribution in [-0.4, -0.2) is 55.8 Å². The Labute approximate surface area is 256 Å². The molecule has 0 aromatic heterocycles. The maximum absolute atomic E-state index is 14.0. The Morgan fingerprint density at radius 2 is 1.74 bits per heavy atom. The van der Waals surface area contributed by atoms with Crippen LogP contribution in [0.15, 0.2) is 58.2 Å². The summed E-state index contributed by atoms with van der Waals surface area (Å²) in [5.74, 6) is -2.54. The zero-order chi connectivity index (χ0) is 31.9. The number of ketones is 2. The van der Waals surface area contributed by atoms with E-state index in [0.717, 1.165) is 24.8 Å². The Hall–Kier alpha value is -2.61. The van der Waals surface area contributed by atoms with Crippen molar-refractivity contribution in [1.29, 1.82) is 0 Å². The van der Waals surface area contributed by atoms with Gasteiger partial charge in [0.25, 0.3) is 0 Å². The maximum atomic E-state index is 14.0. The van der Waals surface area contributed by atoms with Crippen molar-refractivity contribution in [3.05, 3.63) is 58.2 Å². The summed E-state index contributed by atoms with van der Waals surface area (Å²) >= 11 is 0. The van der Waals surface area contributed by atoms with E-state index in [9.17, 15) is 34.8 Å². The molecule has 3 fully saturated rings. The van der Waals surface area contributed by atoms with Crippen LogP contribution in [0.25, 0.3) is 0 Å². The molecule has 0 heterocycles. The van der Waals surface area contributed by atoms with Gasteiger partial charge in [0.05, 0.1) is 11.7 Å². The van der Waals surface area contributed by atoms with E-state index >= 15 is 0 Å². The second-order valence-corrected chi connectivity index (χ2v) is 14.3. The summed E-state index contributed by atoms with van der Waals surface area (Å²) in [6.07, 6.45) is 11.6. The first kappa shape index (κ1) is 33.3. The van der Waals surface area contributed by atoms with Crippen molar-refractivity contribution in [3.63, 3.8) is 0 Å². The molecule has 1 unspecified atom stereocenters. The van der Waals surface area contributed by atoms with E-state index in [4.69, 9.17) is 0 Å². The Bertz CT molecular complexity index is 1310. The van der Waals surface area contributed by atoms with E-state index in [1.165, 1.54) is 11.1 Å². The summed E-state index contributed by atoms with van der Waals surface area (Å²) in [4.78, 5) is 38.4. The number of carbonyl (C=O) groups is 3. The molecular weight excluding hydrogens is 544 g/mol. The van der Waals surface area contributed by atoms with E-state index in [1.807, 2.05) is 19.9 Å². The number of aliphatic hydroxyl groups is 3. The van der Waals surface area contributed by atoms with Gasteiger partial charge in [-0.1, -0.05) is 54.4 Å². The minimum absolute atomic E-state index is 0.00991. The number of fused-ring (bicyclic) bond motifs is 5. The van der Waals surface area contributed by atoms with E-state index < -0.39 is 40.4 Å². The van der Waals surface area contributed by atoms with Crippen LogP contribution < -0.4 is 0 Å². The second kappa shape index (κ2) is 12.4. The van der Waals surface area contributed by atoms with Gasteiger partial charge in [0.15, 0.2) is 11.6 Å². The van der Waals surface area contributed by atoms with Gasteiger partial charge in [0, 0.05) is 16.7 Å². The molecule has 0 aliphatic heterocycles. The third kappa shape index (κ3) is 5.93. The fourth-order valence-corrected chi connectivity index (χ4v) is 8.99. The third-order valence-corrected chi connectivity index (χ3v) is 11.4. The molecule has 4 rings (SSSR count). The number of aliphatic hydroxyl groups excluding tert-OH is 2. The largest absolute Gasteiger partial charge is 0.478 e. The molecule has 7 nitrogen and oxygen atoms in total. The van der Waals surface area contributed by atoms with Crippen LogP contribution in [0.4, 0.5) is 0 Å². The number of hydrogen-bond acceptors (Lipinski definition) is 6. The molecule has 0 saturated heterocycles. The van der Waals surface area contributed by atoms with Crippen molar-refractivity contribution in [3.8, 4) is 0 Å². The average molecular weight is 595 g/mol. The number of carboxylic acids is 1. The smallest absolute Gasteiger partial charge is 0.334 e. The van der Waals surface area contributed by atoms with E-state index in [-0.39, 0.29) is 42.0 Å². The van der Waals surface area contributed by atoms with Crippen LogP contribution >= 0.6 is 0 Å². The average Bonchev–Trinajstić information content (AvgIpc) is 3.18. The number of Topliss-reactive ketones (excluding diaryl/α,β-unsaturated/α-hetero) is 1. The summed E-state index contributed by atoms with van der Waals surface area (Å²) in [7, 11) is 0. The lowest BCUT2D eigenvalue weighted by molar-refractivity contribution is -0.181. The lowest BCUT2D eigenvalue weighted by atomic mass is 9.46. The lowest BCUT2D eigenvalue weighted by Crippen LogP contribution is -2.62. The fraction of sp³-hybridized carbons (Fsp3) is 0.639. The van der Waals surface area contributed by atoms with Crippen molar-refractivity contribution < 1.29 is 34.8 Å². The first-order valence-corrected chi connectivity index (χ1v) is 15.9. The fourth-order valence-electron chi connectivity index (χ4n) is 8.99. The van der Waals surface area contributed by atoms with Crippen LogP contribution in [0.3, 0.4) is 0 Å². The van der Waals surface area contributed by atoms with Gasteiger partial charge in [0.2, 0.25) is 0 Å². The summed E-state index contributed by atoms with van der Waals surface area (Å²) in [6.45, 7) is 11.7. The topological polar surface area (TPSA) is 132 Å².